The zero-order valence-electron chi connectivity index (χ0n) is 17.4. The summed E-state index contributed by atoms with van der Waals surface area (Å²) in [6, 6.07) is 5.56. The smallest absolute Gasteiger partial charge is 0.250 e. The molecule has 3 atom stereocenters. The van der Waals surface area contributed by atoms with Crippen LogP contribution in [0.15, 0.2) is 24.4 Å². The zero-order chi connectivity index (χ0) is 22.6. The minimum absolute atomic E-state index is 0.130. The molecule has 0 bridgehead atoms. The number of benzene rings is 1. The fraction of sp³-hybridized carbons (Fsp3) is 0.455. The number of carbonyl (C=O) groups is 1. The fourth-order valence-electron chi connectivity index (χ4n) is 3.46. The number of nitrogens with zero attached hydrogens (tertiary/aromatic N) is 2. The summed E-state index contributed by atoms with van der Waals surface area (Å²) in [5, 5.41) is 23.4. The van der Waals surface area contributed by atoms with Gasteiger partial charge in [0.2, 0.25) is 5.91 Å². The molecule has 31 heavy (non-hydrogen) atoms. The van der Waals surface area contributed by atoms with Crippen LogP contribution < -0.4 is 5.48 Å². The first-order chi connectivity index (χ1) is 14.7. The van der Waals surface area contributed by atoms with Gasteiger partial charge in [0.25, 0.3) is 0 Å². The van der Waals surface area contributed by atoms with Crippen LogP contribution in [0, 0.1) is 40.4 Å². The summed E-state index contributed by atoms with van der Waals surface area (Å²) >= 11 is 0. The highest BCUT2D eigenvalue weighted by Crippen LogP contribution is 2.51. The molecule has 164 valence electrons. The Morgan fingerprint density at radius 2 is 2.19 bits per heavy atom. The summed E-state index contributed by atoms with van der Waals surface area (Å²) in [7, 11) is -2.79. The molecule has 0 unspecified atom stereocenters. The summed E-state index contributed by atoms with van der Waals surface area (Å²) in [4.78, 5) is 11.9. The van der Waals surface area contributed by atoms with E-state index in [-0.39, 0.29) is 30.1 Å². The molecule has 1 heterocycles. The molecule has 1 aliphatic rings. The topological polar surface area (TPSA) is 122 Å². The second-order valence-electron chi connectivity index (χ2n) is 8.41. The lowest BCUT2D eigenvalue weighted by Crippen LogP contribution is -2.41. The largest absolute Gasteiger partial charge is 0.396 e. The number of rotatable bonds is 7. The van der Waals surface area contributed by atoms with E-state index in [1.54, 1.807) is 16.4 Å². The Kier molecular flexibility index (Phi) is 6.71. The van der Waals surface area contributed by atoms with E-state index in [0.717, 1.165) is 22.9 Å². The lowest BCUT2D eigenvalue weighted by molar-refractivity contribution is -0.138. The Morgan fingerprint density at radius 1 is 1.42 bits per heavy atom. The maximum Gasteiger partial charge on any atom is 0.250 e. The van der Waals surface area contributed by atoms with Gasteiger partial charge in [0.1, 0.15) is 10.7 Å². The van der Waals surface area contributed by atoms with Crippen LogP contribution >= 0.6 is 0 Å². The Bertz CT molecular complexity index is 1190. The molecule has 1 fully saturated rings. The fourth-order valence-corrected chi connectivity index (χ4v) is 4.34. The van der Waals surface area contributed by atoms with E-state index in [0.29, 0.717) is 6.54 Å². The molecular formula is C22H25N3O5S. The first-order valence-electron chi connectivity index (χ1n) is 9.87. The monoisotopic (exact) mass is 443 g/mol. The van der Waals surface area contributed by atoms with E-state index in [4.69, 9.17) is 10.3 Å². The predicted octanol–water partition coefficient (Wildman–Crippen LogP) is 0.923. The summed E-state index contributed by atoms with van der Waals surface area (Å²) in [5.41, 5.74) is 1.69. The molecular weight excluding hydrogens is 418 g/mol. The predicted molar refractivity (Wildman–Crippen MR) is 116 cm³/mol. The lowest BCUT2D eigenvalue weighted by atomic mass is 9.88. The molecule has 0 saturated heterocycles. The maximum atomic E-state index is 11.9. The average molecular weight is 444 g/mol. The van der Waals surface area contributed by atoms with Crippen LogP contribution in [-0.2, 0) is 22.0 Å². The first-order valence-corrected chi connectivity index (χ1v) is 11.2. The lowest BCUT2D eigenvalue weighted by Gasteiger charge is -2.24. The third-order valence-corrected chi connectivity index (χ3v) is 6.78. The number of hydrogen-bond donors (Lipinski definition) is 4. The quantitative estimate of drug-likeness (QED) is 0.219. The molecule has 8 nitrogen and oxygen atoms in total. The number of fused-ring (bicyclic) bond motifs is 1. The van der Waals surface area contributed by atoms with Crippen LogP contribution in [0.5, 0.6) is 0 Å². The number of aryl methyl sites for hydroxylation is 1. The third-order valence-electron chi connectivity index (χ3n) is 5.82. The Balaban J connectivity index is 1.71. The summed E-state index contributed by atoms with van der Waals surface area (Å²) < 4.78 is 23.9. The normalized spacial score (nSPS) is 21.5. The van der Waals surface area contributed by atoms with Crippen molar-refractivity contribution in [2.45, 2.75) is 33.2 Å². The van der Waals surface area contributed by atoms with Crippen molar-refractivity contribution < 1.29 is 23.5 Å². The molecule has 1 saturated carbocycles. The molecule has 9 heteroatoms. The standard InChI is InChI=1S/C22H25N3O5S/c1-21(12-18(21)14-26)8-4-3-5-16-6-7-19-17(11-16)13-25(23-19)10-9-22(2,15-31(29)30)20(27)24-28/h6-7,11,13,18,26,28,31H,9-10,12,14-15H2,1-2H3,(H,24,27)/t18-,21+,22-/m0/s1. The van der Waals surface area contributed by atoms with Gasteiger partial charge in [-0.25, -0.2) is 13.9 Å². The van der Waals surface area contributed by atoms with Gasteiger partial charge in [-0.15, -0.1) is 0 Å². The van der Waals surface area contributed by atoms with Gasteiger partial charge >= 0.3 is 0 Å². The molecule has 1 amide bonds. The minimum atomic E-state index is -2.79. The van der Waals surface area contributed by atoms with Gasteiger partial charge in [-0.1, -0.05) is 11.8 Å². The van der Waals surface area contributed by atoms with Crippen LogP contribution in [0.2, 0.25) is 0 Å². The number of carbonyl (C=O) groups excluding carboxylic acids is 1. The van der Waals surface area contributed by atoms with Crippen LogP contribution in [0.1, 0.15) is 32.3 Å². The Hall–Kier alpha value is -2.85. The van der Waals surface area contributed by atoms with Crippen molar-refractivity contribution in [1.29, 1.82) is 0 Å². The van der Waals surface area contributed by atoms with E-state index in [1.807, 2.05) is 25.1 Å². The SMILES string of the molecule is C[C@](CCn1cc2cc(C#CC#C[C@]3(C)C[C@H]3CO)ccc2n1)(C[SH](=O)=O)C(=O)NO. The molecule has 0 spiro atoms. The average Bonchev–Trinajstić information content (AvgIpc) is 3.21. The highest BCUT2D eigenvalue weighted by molar-refractivity contribution is 7.72. The van der Waals surface area contributed by atoms with Gasteiger partial charge in [-0.3, -0.25) is 14.7 Å². The van der Waals surface area contributed by atoms with Crippen LogP contribution in [0.4, 0.5) is 0 Å². The summed E-state index contributed by atoms with van der Waals surface area (Å²) in [6.45, 7) is 3.97. The number of aliphatic hydroxyl groups excluding tert-OH is 1. The Labute approximate surface area is 182 Å². The van der Waals surface area contributed by atoms with Gasteiger partial charge in [-0.05, 0) is 62.6 Å². The molecule has 3 rings (SSSR count). The van der Waals surface area contributed by atoms with E-state index in [2.05, 4.69) is 28.8 Å². The molecule has 0 radical (unpaired) electrons. The maximum absolute atomic E-state index is 11.9. The molecule has 1 aromatic carbocycles. The second kappa shape index (κ2) is 9.11. The van der Waals surface area contributed by atoms with Crippen molar-refractivity contribution in [3.05, 3.63) is 30.0 Å². The van der Waals surface area contributed by atoms with Crippen LogP contribution in [0.25, 0.3) is 10.9 Å². The minimum Gasteiger partial charge on any atom is -0.396 e. The van der Waals surface area contributed by atoms with Crippen molar-refractivity contribution in [3.63, 3.8) is 0 Å². The van der Waals surface area contributed by atoms with Gasteiger partial charge in [0, 0.05) is 35.7 Å². The zero-order valence-corrected chi connectivity index (χ0v) is 18.3. The Morgan fingerprint density at radius 3 is 2.84 bits per heavy atom. The van der Waals surface area contributed by atoms with Gasteiger partial charge in [0.05, 0.1) is 16.7 Å². The van der Waals surface area contributed by atoms with E-state index >= 15 is 0 Å². The van der Waals surface area contributed by atoms with Gasteiger partial charge in [0.15, 0.2) is 0 Å². The van der Waals surface area contributed by atoms with Crippen LogP contribution in [-0.4, -0.2) is 46.8 Å². The van der Waals surface area contributed by atoms with Gasteiger partial charge in [-0.2, -0.15) is 5.10 Å². The first kappa shape index (κ1) is 22.8. The van der Waals surface area contributed by atoms with E-state index in [1.165, 1.54) is 6.92 Å². The number of thiol groups is 1. The molecule has 1 aliphatic carbocycles. The number of aliphatic hydroxyl groups is 1. The third kappa shape index (κ3) is 5.45. The van der Waals surface area contributed by atoms with Crippen LogP contribution in [0.3, 0.4) is 0 Å². The van der Waals surface area contributed by atoms with Crippen molar-refractivity contribution >= 4 is 27.5 Å². The second-order valence-corrected chi connectivity index (χ2v) is 9.39. The number of nitrogens with one attached hydrogen (secondary N) is 1. The highest BCUT2D eigenvalue weighted by Gasteiger charge is 2.48. The van der Waals surface area contributed by atoms with E-state index in [9.17, 15) is 13.2 Å². The number of aromatic nitrogens is 2. The molecule has 0 aliphatic heterocycles. The molecule has 1 aromatic heterocycles. The highest BCUT2D eigenvalue weighted by atomic mass is 32.2. The van der Waals surface area contributed by atoms with Crippen molar-refractivity contribution in [3.8, 4) is 23.7 Å². The van der Waals surface area contributed by atoms with Crippen molar-refractivity contribution in [1.82, 2.24) is 15.3 Å². The van der Waals surface area contributed by atoms with Gasteiger partial charge < -0.3 is 5.11 Å². The number of hydroxylamine groups is 1. The summed E-state index contributed by atoms with van der Waals surface area (Å²) in [6.07, 6.45) is 2.89. The molecule has 2 aromatic rings. The van der Waals surface area contributed by atoms with Crippen molar-refractivity contribution in [2.75, 3.05) is 12.4 Å². The van der Waals surface area contributed by atoms with E-state index < -0.39 is 22.0 Å². The van der Waals surface area contributed by atoms with Crippen molar-refractivity contribution in [2.24, 2.45) is 16.7 Å². The number of hydrogen-bond acceptors (Lipinski definition) is 6. The summed E-state index contributed by atoms with van der Waals surface area (Å²) in [5.74, 6) is 11.0. The molecule has 3 N–H and O–H groups in total. The number of amides is 1.